The lowest BCUT2D eigenvalue weighted by Crippen LogP contribution is -2.32. The summed E-state index contributed by atoms with van der Waals surface area (Å²) in [6, 6.07) is 0. The summed E-state index contributed by atoms with van der Waals surface area (Å²) >= 11 is 0. The van der Waals surface area contributed by atoms with Crippen molar-refractivity contribution in [1.82, 2.24) is 0 Å². The number of carbonyl (C=O) groups is 1. The van der Waals surface area contributed by atoms with Crippen molar-refractivity contribution in [1.29, 1.82) is 0 Å². The highest BCUT2D eigenvalue weighted by molar-refractivity contribution is 6.04. The third kappa shape index (κ3) is 6.71. The molecule has 0 amide bonds. The number of hydrogen-bond donors (Lipinski definition) is 0. The number of ether oxygens (including phenoxy) is 1. The molecule has 6 rings (SSSR count). The van der Waals surface area contributed by atoms with E-state index in [4.69, 9.17) is 9.15 Å². The number of hydrogen-bond acceptors (Lipinski definition) is 4. The third-order valence-corrected chi connectivity index (χ3v) is 14.3. The predicted octanol–water partition coefficient (Wildman–Crippen LogP) is 13.3. The first-order valence-corrected chi connectivity index (χ1v) is 19.5. The Balaban J connectivity index is 0.000000290. The minimum absolute atomic E-state index is 0. The Kier molecular flexibility index (Phi) is 13.2. The molecule has 2 heterocycles. The van der Waals surface area contributed by atoms with Crippen LogP contribution in [0.1, 0.15) is 135 Å². The van der Waals surface area contributed by atoms with Crippen LogP contribution in [0.25, 0.3) is 22.3 Å². The minimum atomic E-state index is -0.233. The lowest BCUT2D eigenvalue weighted by molar-refractivity contribution is 0.0683. The number of carbonyl (C=O) groups excluding carboxylic acids is 1. The van der Waals surface area contributed by atoms with E-state index in [0.717, 1.165) is 55.9 Å². The van der Waals surface area contributed by atoms with Crippen LogP contribution in [0, 0.1) is 137 Å². The highest BCUT2D eigenvalue weighted by Crippen LogP contribution is 2.46. The summed E-state index contributed by atoms with van der Waals surface area (Å²) in [6.45, 7) is 42.1. The normalized spacial score (nSPS) is 14.8. The molecule has 4 nitrogen and oxygen atoms in total. The van der Waals surface area contributed by atoms with E-state index in [1.165, 1.54) is 83.5 Å². The fourth-order valence-electron chi connectivity index (χ4n) is 8.81. The van der Waals surface area contributed by atoms with Gasteiger partial charge in [0, 0.05) is 11.1 Å². The van der Waals surface area contributed by atoms with Crippen molar-refractivity contribution in [3.63, 3.8) is 0 Å². The topological polar surface area (TPSA) is 56.5 Å². The van der Waals surface area contributed by atoms with Crippen LogP contribution >= 0.6 is 0 Å². The molecule has 2 unspecified atom stereocenters. The summed E-state index contributed by atoms with van der Waals surface area (Å²) in [5.41, 5.74) is 26.3. The van der Waals surface area contributed by atoms with Gasteiger partial charge in [-0.05, 0) is 237 Å². The molecule has 2 atom stereocenters. The van der Waals surface area contributed by atoms with Crippen LogP contribution in [0.5, 0.6) is 5.75 Å². The lowest BCUT2D eigenvalue weighted by Gasteiger charge is -2.36. The zero-order valence-electron chi connectivity index (χ0n) is 37.6. The fraction of sp³-hybridized carbons (Fsp3) is 0.440. The molecule has 1 aromatic heterocycles. The van der Waals surface area contributed by atoms with E-state index in [9.17, 15) is 9.59 Å². The zero-order valence-corrected chi connectivity index (χ0v) is 37.6. The summed E-state index contributed by atoms with van der Waals surface area (Å²) < 4.78 is 13.2. The first kappa shape index (κ1) is 45.8. The van der Waals surface area contributed by atoms with Gasteiger partial charge in [-0.2, -0.15) is 0 Å². The Morgan fingerprint density at radius 2 is 0.750 bits per heavy atom. The van der Waals surface area contributed by atoms with E-state index in [0.29, 0.717) is 5.56 Å². The molecule has 6 heteroatoms. The molecule has 0 saturated carbocycles. The summed E-state index contributed by atoms with van der Waals surface area (Å²) in [4.78, 5) is 26.8. The molecule has 0 aliphatic carbocycles. The number of aryl methyl sites for hydroxylation is 2. The second-order valence-electron chi connectivity index (χ2n) is 16.5. The van der Waals surface area contributed by atoms with Crippen molar-refractivity contribution in [3.05, 3.63) is 127 Å². The first-order valence-electron chi connectivity index (χ1n) is 19.5. The van der Waals surface area contributed by atoms with Gasteiger partial charge in [0.1, 0.15) is 23.2 Å². The summed E-state index contributed by atoms with van der Waals surface area (Å²) in [5, 5.41) is 0.729. The number of rotatable bonds is 2. The van der Waals surface area contributed by atoms with E-state index in [-0.39, 0.29) is 32.6 Å². The van der Waals surface area contributed by atoms with Gasteiger partial charge in [0.25, 0.3) is 0 Å². The summed E-state index contributed by atoms with van der Waals surface area (Å²) in [7, 11) is 0. The number of benzene rings is 4. The standard InChI is InChI=1S/C25H32O2.C25H30O2.2FH/c2*1-11-12(2)16(6)21(17(7)13(11)3)25-20(10)23(26)22-18(8)14(4)15(5)19(9)24(22)27-25;;/h20,25H,1-10H3;1-10H3;2*1H. The number of halogens is 2. The number of Topliss-reactive ketones (excluding diaryl/α,β-unsaturated/α-hetero) is 1. The second-order valence-corrected chi connectivity index (χ2v) is 16.5. The summed E-state index contributed by atoms with van der Waals surface area (Å²) in [5.74, 6) is 1.52. The highest BCUT2D eigenvalue weighted by atomic mass is 19.0. The SMILES string of the molecule is Cc1c(C)c(C)c(-c2oc3c(C)c(C)c(C)c(C)c3c(=O)c2C)c(C)c1C.Cc1c(C)c(C)c(C2Oc3c(C)c(C)c(C)c(C)c3C(=O)C2C)c(C)c1C.F.F. The largest absolute Gasteiger partial charge is 0.484 e. The van der Waals surface area contributed by atoms with Crippen LogP contribution in [0.2, 0.25) is 0 Å². The van der Waals surface area contributed by atoms with Crippen LogP contribution in [-0.2, 0) is 0 Å². The predicted molar refractivity (Wildman–Crippen MR) is 233 cm³/mol. The van der Waals surface area contributed by atoms with E-state index in [1.54, 1.807) is 0 Å². The van der Waals surface area contributed by atoms with Crippen LogP contribution < -0.4 is 10.2 Å². The van der Waals surface area contributed by atoms with Gasteiger partial charge < -0.3 is 9.15 Å². The molecule has 1 aliphatic heterocycles. The van der Waals surface area contributed by atoms with Crippen molar-refractivity contribution in [2.75, 3.05) is 0 Å². The maximum Gasteiger partial charge on any atom is 0.196 e. The Hall–Kier alpha value is -4.58. The number of fused-ring (bicyclic) bond motifs is 2. The molecule has 1 aliphatic rings. The fourth-order valence-corrected chi connectivity index (χ4v) is 8.81. The molecule has 0 saturated heterocycles. The molecule has 302 valence electrons. The van der Waals surface area contributed by atoms with E-state index < -0.39 is 0 Å². The molecule has 0 bridgehead atoms. The van der Waals surface area contributed by atoms with Gasteiger partial charge in [-0.25, -0.2) is 0 Å². The smallest absolute Gasteiger partial charge is 0.196 e. The van der Waals surface area contributed by atoms with Crippen molar-refractivity contribution >= 4 is 16.8 Å². The van der Waals surface area contributed by atoms with Crippen molar-refractivity contribution in [3.8, 4) is 17.1 Å². The molecule has 0 spiro atoms. The maximum absolute atomic E-state index is 13.4. The average Bonchev–Trinajstić information content (AvgIpc) is 3.14. The molecule has 56 heavy (non-hydrogen) atoms. The van der Waals surface area contributed by atoms with Gasteiger partial charge in [-0.15, -0.1) is 0 Å². The van der Waals surface area contributed by atoms with Gasteiger partial charge >= 0.3 is 0 Å². The van der Waals surface area contributed by atoms with E-state index in [1.807, 2.05) is 27.7 Å². The number of ketones is 1. The van der Waals surface area contributed by atoms with Crippen LogP contribution in [0.4, 0.5) is 9.41 Å². The molecular weight excluding hydrogens is 703 g/mol. The van der Waals surface area contributed by atoms with E-state index >= 15 is 0 Å². The maximum atomic E-state index is 13.4. The molecule has 0 fully saturated rings. The Bertz CT molecular complexity index is 2460. The van der Waals surface area contributed by atoms with Crippen molar-refractivity contribution in [2.45, 2.75) is 145 Å². The van der Waals surface area contributed by atoms with Gasteiger partial charge in [0.05, 0.1) is 16.9 Å². The Labute approximate surface area is 333 Å². The van der Waals surface area contributed by atoms with E-state index in [2.05, 4.69) is 111 Å². The highest BCUT2D eigenvalue weighted by Gasteiger charge is 2.39. The van der Waals surface area contributed by atoms with Gasteiger partial charge in [-0.1, -0.05) is 6.92 Å². The van der Waals surface area contributed by atoms with Gasteiger partial charge in [0.15, 0.2) is 11.2 Å². The molecule has 0 N–H and O–H groups in total. The lowest BCUT2D eigenvalue weighted by atomic mass is 9.78. The monoisotopic (exact) mass is 766 g/mol. The molecule has 0 radical (unpaired) electrons. The Morgan fingerprint density at radius 1 is 0.393 bits per heavy atom. The quantitative estimate of drug-likeness (QED) is 0.180. The molecule has 5 aromatic rings. The van der Waals surface area contributed by atoms with Gasteiger partial charge in [-0.3, -0.25) is 19.0 Å². The van der Waals surface area contributed by atoms with Gasteiger partial charge in [0.2, 0.25) is 0 Å². The van der Waals surface area contributed by atoms with Crippen molar-refractivity contribution < 1.29 is 23.4 Å². The molecule has 4 aromatic carbocycles. The zero-order chi connectivity index (χ0) is 40.7. The van der Waals surface area contributed by atoms with Crippen LogP contribution in [0.3, 0.4) is 0 Å². The third-order valence-electron chi connectivity index (χ3n) is 14.3. The molecular formula is C50H64F2O4. The van der Waals surface area contributed by atoms with Crippen LogP contribution in [-0.4, -0.2) is 5.78 Å². The first-order chi connectivity index (χ1) is 25.0. The second kappa shape index (κ2) is 16.1. The van der Waals surface area contributed by atoms with Crippen molar-refractivity contribution in [2.24, 2.45) is 5.92 Å². The summed E-state index contributed by atoms with van der Waals surface area (Å²) in [6.07, 6.45) is -0.233. The average molecular weight is 767 g/mol. The van der Waals surface area contributed by atoms with Crippen LogP contribution in [0.15, 0.2) is 9.21 Å². The minimum Gasteiger partial charge on any atom is -0.484 e. The Morgan fingerprint density at radius 3 is 1.21 bits per heavy atom.